The summed E-state index contributed by atoms with van der Waals surface area (Å²) in [5.74, 6) is -0.857. The molecular weight excluding hydrogens is 521 g/mol. The topological polar surface area (TPSA) is 108 Å². The molecule has 0 rings (SSSR count). The Morgan fingerprint density at radius 3 is 1.69 bits per heavy atom. The van der Waals surface area contributed by atoms with Gasteiger partial charge in [-0.3, -0.25) is 18.6 Å². The van der Waals surface area contributed by atoms with Crippen LogP contribution >= 0.6 is 7.82 Å². The minimum Gasteiger partial charge on any atom is -0.462 e. The fourth-order valence-corrected chi connectivity index (χ4v) is 4.67. The van der Waals surface area contributed by atoms with E-state index >= 15 is 0 Å². The molecule has 0 aromatic rings. The standard InChI is InChI=1S/C29H58NO8P/c1-6-8-9-10-11-12-13-14-15-16-17-18-19-20-22-28(31)35-25-27(38-29(32)21-7-2)26-37-39(33,34)36-24-23-30(3,4)5/h27H,6-26H2,1-5H3/p+1/t27-/m1/s1. The number of hydrogen-bond acceptors (Lipinski definition) is 7. The largest absolute Gasteiger partial charge is 0.472 e. The number of esters is 2. The molecule has 0 saturated heterocycles. The molecule has 0 heterocycles. The maximum atomic E-state index is 12.2. The number of ether oxygens (including phenoxy) is 2. The molecule has 0 saturated carbocycles. The van der Waals surface area contributed by atoms with Crippen molar-refractivity contribution in [3.8, 4) is 0 Å². The monoisotopic (exact) mass is 580 g/mol. The van der Waals surface area contributed by atoms with Gasteiger partial charge in [0.05, 0.1) is 27.7 Å². The van der Waals surface area contributed by atoms with Gasteiger partial charge in [0.1, 0.15) is 19.8 Å². The normalized spacial score (nSPS) is 14.1. The van der Waals surface area contributed by atoms with E-state index in [2.05, 4.69) is 6.92 Å². The second-order valence-electron chi connectivity index (χ2n) is 11.5. The van der Waals surface area contributed by atoms with Crippen molar-refractivity contribution in [3.63, 3.8) is 0 Å². The van der Waals surface area contributed by atoms with E-state index in [1.54, 1.807) is 0 Å². The predicted molar refractivity (Wildman–Crippen MR) is 155 cm³/mol. The molecule has 1 unspecified atom stereocenters. The van der Waals surface area contributed by atoms with Crippen molar-refractivity contribution in [2.45, 2.75) is 129 Å². The second-order valence-corrected chi connectivity index (χ2v) is 13.0. The van der Waals surface area contributed by atoms with Crippen molar-refractivity contribution >= 4 is 19.8 Å². The number of hydrogen-bond donors (Lipinski definition) is 1. The molecule has 0 spiro atoms. The molecule has 0 fully saturated rings. The van der Waals surface area contributed by atoms with Crippen LogP contribution in [0.4, 0.5) is 0 Å². The maximum absolute atomic E-state index is 12.2. The Kier molecular flexibility index (Phi) is 23.1. The number of nitrogens with zero attached hydrogens (tertiary/aromatic N) is 1. The van der Waals surface area contributed by atoms with Crippen LogP contribution in [0.1, 0.15) is 123 Å². The smallest absolute Gasteiger partial charge is 0.462 e. The average molecular weight is 581 g/mol. The first-order chi connectivity index (χ1) is 18.5. The predicted octanol–water partition coefficient (Wildman–Crippen LogP) is 6.95. The molecule has 2 atom stereocenters. The summed E-state index contributed by atoms with van der Waals surface area (Å²) >= 11 is 0. The lowest BCUT2D eigenvalue weighted by Crippen LogP contribution is -2.37. The van der Waals surface area contributed by atoms with Crippen LogP contribution in [0, 0.1) is 0 Å². The van der Waals surface area contributed by atoms with Crippen LogP contribution in [-0.2, 0) is 32.7 Å². The van der Waals surface area contributed by atoms with E-state index in [1.165, 1.54) is 70.6 Å². The quantitative estimate of drug-likeness (QED) is 0.0481. The number of rotatable bonds is 27. The summed E-state index contributed by atoms with van der Waals surface area (Å²) in [6.07, 6.45) is 17.5. The highest BCUT2D eigenvalue weighted by molar-refractivity contribution is 7.47. The lowest BCUT2D eigenvalue weighted by Gasteiger charge is -2.24. The zero-order chi connectivity index (χ0) is 29.4. The maximum Gasteiger partial charge on any atom is 0.472 e. The van der Waals surface area contributed by atoms with Gasteiger partial charge in [0.25, 0.3) is 0 Å². The van der Waals surface area contributed by atoms with Gasteiger partial charge in [0.2, 0.25) is 0 Å². The molecule has 39 heavy (non-hydrogen) atoms. The number of carbonyl (C=O) groups excluding carboxylic acids is 2. The van der Waals surface area contributed by atoms with E-state index in [9.17, 15) is 19.0 Å². The van der Waals surface area contributed by atoms with Gasteiger partial charge >= 0.3 is 19.8 Å². The molecule has 232 valence electrons. The van der Waals surface area contributed by atoms with E-state index in [0.29, 0.717) is 23.9 Å². The highest BCUT2D eigenvalue weighted by Gasteiger charge is 2.26. The summed E-state index contributed by atoms with van der Waals surface area (Å²) in [5.41, 5.74) is 0. The number of unbranched alkanes of at least 4 members (excludes halogenated alkanes) is 13. The Morgan fingerprint density at radius 2 is 1.21 bits per heavy atom. The lowest BCUT2D eigenvalue weighted by atomic mass is 10.0. The number of likely N-dealkylation sites (N-methyl/N-ethyl adjacent to an activating group) is 1. The minimum atomic E-state index is -4.33. The molecule has 0 radical (unpaired) electrons. The summed E-state index contributed by atoms with van der Waals surface area (Å²) in [7, 11) is 1.47. The molecule has 0 aromatic heterocycles. The minimum absolute atomic E-state index is 0.0335. The van der Waals surface area contributed by atoms with Crippen LogP contribution in [-0.4, -0.2) is 74.9 Å². The summed E-state index contributed by atoms with van der Waals surface area (Å²) in [6.45, 7) is 4.00. The molecule has 10 heteroatoms. The highest BCUT2D eigenvalue weighted by atomic mass is 31.2. The van der Waals surface area contributed by atoms with Crippen molar-refractivity contribution in [3.05, 3.63) is 0 Å². The first-order valence-electron chi connectivity index (χ1n) is 15.3. The fraction of sp³-hybridized carbons (Fsp3) is 0.931. The molecule has 0 aliphatic carbocycles. The average Bonchev–Trinajstić information content (AvgIpc) is 2.85. The molecule has 0 aliphatic heterocycles. The van der Waals surface area contributed by atoms with E-state index in [4.69, 9.17) is 18.5 Å². The Morgan fingerprint density at radius 1 is 0.692 bits per heavy atom. The van der Waals surface area contributed by atoms with Crippen molar-refractivity contribution in [2.24, 2.45) is 0 Å². The molecule has 0 amide bonds. The summed E-state index contributed by atoms with van der Waals surface area (Å²) < 4.78 is 33.3. The molecule has 1 N–H and O–H groups in total. The van der Waals surface area contributed by atoms with E-state index in [-0.39, 0.29) is 25.6 Å². The van der Waals surface area contributed by atoms with Crippen LogP contribution in [0.15, 0.2) is 0 Å². The fourth-order valence-electron chi connectivity index (χ4n) is 3.93. The first kappa shape index (κ1) is 38.0. The van der Waals surface area contributed by atoms with Gasteiger partial charge in [-0.1, -0.05) is 97.3 Å². The summed E-state index contributed by atoms with van der Waals surface area (Å²) in [6, 6.07) is 0. The van der Waals surface area contributed by atoms with Crippen LogP contribution < -0.4 is 0 Å². The Hall–Kier alpha value is -0.990. The molecular formula is C29H59NO8P+. The van der Waals surface area contributed by atoms with Gasteiger partial charge in [-0.05, 0) is 12.8 Å². The lowest BCUT2D eigenvalue weighted by molar-refractivity contribution is -0.870. The zero-order valence-electron chi connectivity index (χ0n) is 25.6. The van der Waals surface area contributed by atoms with Gasteiger partial charge in [-0.25, -0.2) is 4.57 Å². The number of quaternary nitrogens is 1. The van der Waals surface area contributed by atoms with E-state index in [1.807, 2.05) is 28.1 Å². The van der Waals surface area contributed by atoms with Crippen molar-refractivity contribution in [1.82, 2.24) is 0 Å². The van der Waals surface area contributed by atoms with E-state index < -0.39 is 26.5 Å². The SMILES string of the molecule is CCCCCCCCCCCCCCCCC(=O)OC[C@H](COP(=O)(O)OCC[N+](C)(C)C)OC(=O)CCC. The number of carbonyl (C=O) groups is 2. The van der Waals surface area contributed by atoms with Crippen LogP contribution in [0.3, 0.4) is 0 Å². The summed E-state index contributed by atoms with van der Waals surface area (Å²) in [5, 5.41) is 0. The van der Waals surface area contributed by atoms with Gasteiger partial charge < -0.3 is 18.9 Å². The Bertz CT molecular complexity index is 668. The van der Waals surface area contributed by atoms with Gasteiger partial charge in [-0.15, -0.1) is 0 Å². The number of phosphoric ester groups is 1. The van der Waals surface area contributed by atoms with Crippen LogP contribution in [0.2, 0.25) is 0 Å². The third-order valence-corrected chi connectivity index (χ3v) is 7.34. The van der Waals surface area contributed by atoms with Crippen LogP contribution in [0.5, 0.6) is 0 Å². The molecule has 0 aromatic carbocycles. The van der Waals surface area contributed by atoms with Crippen molar-refractivity contribution in [2.75, 3.05) is 47.5 Å². The summed E-state index contributed by atoms with van der Waals surface area (Å²) in [4.78, 5) is 34.0. The number of phosphoric acid groups is 1. The van der Waals surface area contributed by atoms with Crippen LogP contribution in [0.25, 0.3) is 0 Å². The van der Waals surface area contributed by atoms with Gasteiger partial charge in [0.15, 0.2) is 6.10 Å². The van der Waals surface area contributed by atoms with Gasteiger partial charge in [0, 0.05) is 12.8 Å². The Balaban J connectivity index is 4.09. The highest BCUT2D eigenvalue weighted by Crippen LogP contribution is 2.43. The zero-order valence-corrected chi connectivity index (χ0v) is 26.5. The molecule has 0 bridgehead atoms. The molecule has 9 nitrogen and oxygen atoms in total. The first-order valence-corrected chi connectivity index (χ1v) is 16.8. The third kappa shape index (κ3) is 27.0. The van der Waals surface area contributed by atoms with Gasteiger partial charge in [-0.2, -0.15) is 0 Å². The van der Waals surface area contributed by atoms with E-state index in [0.717, 1.165) is 19.3 Å². The third-order valence-electron chi connectivity index (χ3n) is 6.36. The van der Waals surface area contributed by atoms with Crippen molar-refractivity contribution < 1.29 is 42.1 Å². The molecule has 0 aliphatic rings. The Labute approximate surface area is 238 Å². The second kappa shape index (κ2) is 23.7. The van der Waals surface area contributed by atoms with Crippen molar-refractivity contribution in [1.29, 1.82) is 0 Å².